The summed E-state index contributed by atoms with van der Waals surface area (Å²) in [7, 11) is 1.82. The first kappa shape index (κ1) is 12.2. The van der Waals surface area contributed by atoms with Crippen molar-refractivity contribution in [1.29, 1.82) is 0 Å². The van der Waals surface area contributed by atoms with Gasteiger partial charge in [0.2, 0.25) is 0 Å². The molecule has 0 saturated carbocycles. The highest BCUT2D eigenvalue weighted by Crippen LogP contribution is 2.27. The first-order valence-electron chi connectivity index (χ1n) is 5.73. The molecule has 2 unspecified atom stereocenters. The van der Waals surface area contributed by atoms with E-state index >= 15 is 0 Å². The first-order valence-corrected chi connectivity index (χ1v) is 5.73. The number of aliphatic hydroxyl groups excluding tert-OH is 1. The molecule has 86 valence electrons. The van der Waals surface area contributed by atoms with E-state index in [2.05, 4.69) is 24.2 Å². The maximum Gasteiger partial charge on any atom is 0.100 e. The van der Waals surface area contributed by atoms with Crippen LogP contribution in [0.5, 0.6) is 0 Å². The minimum Gasteiger partial charge on any atom is -0.386 e. The zero-order valence-electron chi connectivity index (χ0n) is 9.85. The molecule has 0 saturated heterocycles. The van der Waals surface area contributed by atoms with Gasteiger partial charge in [0.1, 0.15) is 6.10 Å². The number of rotatable bonds is 6. The molecule has 0 spiro atoms. The molecule has 1 N–H and O–H groups in total. The maximum atomic E-state index is 10.2. The number of nitrogens with zero attached hydrogens (tertiary/aromatic N) is 3. The Balaban J connectivity index is 2.64. The third kappa shape index (κ3) is 3.02. The van der Waals surface area contributed by atoms with E-state index in [9.17, 15) is 5.11 Å². The van der Waals surface area contributed by atoms with Gasteiger partial charge in [0.15, 0.2) is 0 Å². The average molecular weight is 211 g/mol. The van der Waals surface area contributed by atoms with Crippen LogP contribution in [0.1, 0.15) is 51.3 Å². The maximum absolute atomic E-state index is 10.2. The molecule has 4 heteroatoms. The molecule has 0 aliphatic rings. The summed E-state index contributed by atoms with van der Waals surface area (Å²) in [5.41, 5.74) is 0.818. The van der Waals surface area contributed by atoms with E-state index in [-0.39, 0.29) is 0 Å². The van der Waals surface area contributed by atoms with Crippen molar-refractivity contribution in [3.05, 3.63) is 11.9 Å². The van der Waals surface area contributed by atoms with Crippen LogP contribution in [0.4, 0.5) is 0 Å². The number of aromatic nitrogens is 3. The minimum atomic E-state index is -0.429. The Morgan fingerprint density at radius 3 is 2.67 bits per heavy atom. The standard InChI is InChI=1S/C11H21N3O/c1-4-6-7-9(5-2)11(15)10-8-12-13-14(10)3/h8-9,11,15H,4-7H2,1-3H3. The Labute approximate surface area is 91.3 Å². The molecule has 4 nitrogen and oxygen atoms in total. The number of hydrogen-bond donors (Lipinski definition) is 1. The molecule has 1 heterocycles. The topological polar surface area (TPSA) is 50.9 Å². The number of hydrogen-bond acceptors (Lipinski definition) is 3. The quantitative estimate of drug-likeness (QED) is 0.783. The van der Waals surface area contributed by atoms with Gasteiger partial charge in [-0.15, -0.1) is 5.10 Å². The van der Waals surface area contributed by atoms with Gasteiger partial charge in [-0.05, 0) is 12.3 Å². The van der Waals surface area contributed by atoms with Crippen LogP contribution in [0.3, 0.4) is 0 Å². The predicted octanol–water partition coefficient (Wildman–Crippen LogP) is 2.06. The smallest absolute Gasteiger partial charge is 0.100 e. The van der Waals surface area contributed by atoms with Crippen molar-refractivity contribution >= 4 is 0 Å². The van der Waals surface area contributed by atoms with E-state index in [1.165, 1.54) is 12.8 Å². The zero-order valence-corrected chi connectivity index (χ0v) is 9.85. The van der Waals surface area contributed by atoms with Crippen LogP contribution in [0.25, 0.3) is 0 Å². The zero-order chi connectivity index (χ0) is 11.3. The Morgan fingerprint density at radius 1 is 1.47 bits per heavy atom. The van der Waals surface area contributed by atoms with E-state index in [4.69, 9.17) is 0 Å². The van der Waals surface area contributed by atoms with Gasteiger partial charge >= 0.3 is 0 Å². The summed E-state index contributed by atoms with van der Waals surface area (Å²) in [5.74, 6) is 0.321. The van der Waals surface area contributed by atoms with Crippen LogP contribution < -0.4 is 0 Å². The molecule has 0 radical (unpaired) electrons. The second-order valence-electron chi connectivity index (χ2n) is 4.04. The Kier molecular flexibility index (Phi) is 4.75. The monoisotopic (exact) mass is 211 g/mol. The summed E-state index contributed by atoms with van der Waals surface area (Å²) in [5, 5.41) is 17.8. The largest absolute Gasteiger partial charge is 0.386 e. The van der Waals surface area contributed by atoms with Crippen molar-refractivity contribution in [2.75, 3.05) is 0 Å². The highest BCUT2D eigenvalue weighted by Gasteiger charge is 2.21. The lowest BCUT2D eigenvalue weighted by Gasteiger charge is -2.20. The van der Waals surface area contributed by atoms with Crippen LogP contribution in [0, 0.1) is 5.92 Å². The van der Waals surface area contributed by atoms with Gasteiger partial charge in [-0.1, -0.05) is 38.3 Å². The van der Waals surface area contributed by atoms with Crippen molar-refractivity contribution in [3.8, 4) is 0 Å². The van der Waals surface area contributed by atoms with Crippen LogP contribution in [0.15, 0.2) is 6.20 Å². The van der Waals surface area contributed by atoms with Crippen LogP contribution in [0.2, 0.25) is 0 Å². The predicted molar refractivity (Wildman–Crippen MR) is 59.3 cm³/mol. The minimum absolute atomic E-state index is 0.321. The van der Waals surface area contributed by atoms with Gasteiger partial charge in [-0.2, -0.15) is 0 Å². The lowest BCUT2D eigenvalue weighted by molar-refractivity contribution is 0.0912. The SMILES string of the molecule is CCCCC(CC)C(O)c1cnnn1C. The average Bonchev–Trinajstić information content (AvgIpc) is 2.65. The van der Waals surface area contributed by atoms with Crippen molar-refractivity contribution in [1.82, 2.24) is 15.0 Å². The number of unbranched alkanes of at least 4 members (excludes halogenated alkanes) is 1. The molecule has 2 atom stereocenters. The van der Waals surface area contributed by atoms with E-state index < -0.39 is 6.10 Å². The Morgan fingerprint density at radius 2 is 2.20 bits per heavy atom. The summed E-state index contributed by atoms with van der Waals surface area (Å²) >= 11 is 0. The third-order valence-corrected chi connectivity index (χ3v) is 2.95. The molecular formula is C11H21N3O. The fourth-order valence-electron chi connectivity index (χ4n) is 1.86. The van der Waals surface area contributed by atoms with Gasteiger partial charge < -0.3 is 5.11 Å². The van der Waals surface area contributed by atoms with Crippen LogP contribution in [-0.4, -0.2) is 20.1 Å². The second kappa shape index (κ2) is 5.85. The molecule has 1 aromatic rings. The van der Waals surface area contributed by atoms with Gasteiger partial charge in [0.25, 0.3) is 0 Å². The van der Waals surface area contributed by atoms with Crippen molar-refractivity contribution < 1.29 is 5.11 Å². The summed E-state index contributed by atoms with van der Waals surface area (Å²) in [6.07, 6.45) is 5.63. The molecule has 0 fully saturated rings. The van der Waals surface area contributed by atoms with Gasteiger partial charge in [-0.25, -0.2) is 4.68 Å². The summed E-state index contributed by atoms with van der Waals surface area (Å²) in [6, 6.07) is 0. The van der Waals surface area contributed by atoms with Gasteiger partial charge in [0, 0.05) is 7.05 Å². The van der Waals surface area contributed by atoms with Crippen LogP contribution in [-0.2, 0) is 7.05 Å². The molecule has 15 heavy (non-hydrogen) atoms. The van der Waals surface area contributed by atoms with E-state index in [0.717, 1.165) is 18.5 Å². The molecule has 0 aromatic carbocycles. The van der Waals surface area contributed by atoms with Crippen LogP contribution >= 0.6 is 0 Å². The third-order valence-electron chi connectivity index (χ3n) is 2.95. The van der Waals surface area contributed by atoms with Crippen molar-refractivity contribution in [3.63, 3.8) is 0 Å². The van der Waals surface area contributed by atoms with Crippen molar-refractivity contribution in [2.45, 2.75) is 45.6 Å². The molecule has 1 rings (SSSR count). The highest BCUT2D eigenvalue weighted by molar-refractivity contribution is 5.00. The Bertz CT molecular complexity index is 285. The molecule has 0 bridgehead atoms. The second-order valence-corrected chi connectivity index (χ2v) is 4.04. The fraction of sp³-hybridized carbons (Fsp3) is 0.818. The number of aryl methyl sites for hydroxylation is 1. The normalized spacial score (nSPS) is 15.2. The summed E-state index contributed by atoms with van der Waals surface area (Å²) < 4.78 is 1.65. The first-order chi connectivity index (χ1) is 7.20. The number of aliphatic hydroxyl groups is 1. The lowest BCUT2D eigenvalue weighted by Crippen LogP contribution is -2.15. The van der Waals surface area contributed by atoms with Gasteiger partial charge in [-0.3, -0.25) is 0 Å². The highest BCUT2D eigenvalue weighted by atomic mass is 16.3. The molecule has 0 aliphatic carbocycles. The van der Waals surface area contributed by atoms with Gasteiger partial charge in [0.05, 0.1) is 11.9 Å². The molecule has 0 amide bonds. The lowest BCUT2D eigenvalue weighted by atomic mass is 9.92. The molecular weight excluding hydrogens is 190 g/mol. The Hall–Kier alpha value is -0.900. The van der Waals surface area contributed by atoms with Crippen molar-refractivity contribution in [2.24, 2.45) is 13.0 Å². The fourth-order valence-corrected chi connectivity index (χ4v) is 1.86. The summed E-state index contributed by atoms with van der Waals surface area (Å²) in [4.78, 5) is 0. The molecule has 0 aliphatic heterocycles. The van der Waals surface area contributed by atoms with E-state index in [1.807, 2.05) is 7.05 Å². The van der Waals surface area contributed by atoms with E-state index in [1.54, 1.807) is 10.9 Å². The summed E-state index contributed by atoms with van der Waals surface area (Å²) in [6.45, 7) is 4.29. The van der Waals surface area contributed by atoms with E-state index in [0.29, 0.717) is 5.92 Å². The molecule has 1 aromatic heterocycles.